The van der Waals surface area contributed by atoms with E-state index < -0.39 is 0 Å². The quantitative estimate of drug-likeness (QED) is 0.835. The topological polar surface area (TPSA) is 57.8 Å². The number of aromatic nitrogens is 2. The first-order valence-electron chi connectivity index (χ1n) is 8.17. The largest absolute Gasteiger partial charge is 0.325 e. The molecule has 2 N–H and O–H groups in total. The highest BCUT2D eigenvalue weighted by Gasteiger charge is 2.32. The lowest BCUT2D eigenvalue weighted by atomic mass is 9.91. The lowest BCUT2D eigenvalue weighted by Crippen LogP contribution is -2.13. The number of amides is 1. The number of rotatable bonds is 2. The molecule has 3 aliphatic rings. The van der Waals surface area contributed by atoms with E-state index in [0.29, 0.717) is 5.92 Å². The second-order valence-corrected chi connectivity index (χ2v) is 6.58. The van der Waals surface area contributed by atoms with Gasteiger partial charge in [0.2, 0.25) is 0 Å². The molecule has 23 heavy (non-hydrogen) atoms. The van der Waals surface area contributed by atoms with Crippen molar-refractivity contribution in [1.82, 2.24) is 15.5 Å². The van der Waals surface area contributed by atoms with Crippen molar-refractivity contribution in [3.8, 4) is 0 Å². The monoisotopic (exact) mass is 303 g/mol. The highest BCUT2D eigenvalue weighted by Crippen LogP contribution is 2.42. The van der Waals surface area contributed by atoms with E-state index in [9.17, 15) is 4.79 Å². The molecule has 2 fully saturated rings. The minimum atomic E-state index is 0.0192. The van der Waals surface area contributed by atoms with E-state index in [4.69, 9.17) is 0 Å². The van der Waals surface area contributed by atoms with Crippen LogP contribution < -0.4 is 5.32 Å². The number of H-pyrrole nitrogens is 1. The van der Waals surface area contributed by atoms with E-state index in [2.05, 4.69) is 39.8 Å². The number of carbonyl (C=O) groups is 1. The number of aromatic amines is 1. The zero-order chi connectivity index (χ0) is 15.4. The van der Waals surface area contributed by atoms with E-state index in [1.54, 1.807) is 0 Å². The number of hydrogen-bond acceptors (Lipinski definition) is 2. The van der Waals surface area contributed by atoms with Gasteiger partial charge >= 0.3 is 0 Å². The smallest absolute Gasteiger partial charge is 0.252 e. The Morgan fingerprint density at radius 1 is 1.26 bits per heavy atom. The Kier molecular flexibility index (Phi) is 2.62. The summed E-state index contributed by atoms with van der Waals surface area (Å²) in [6.45, 7) is 0. The number of carbonyl (C=O) groups excluding carboxylic acids is 1. The van der Waals surface area contributed by atoms with Crippen LogP contribution in [0.2, 0.25) is 0 Å². The SMILES string of the molecule is O=C1NC2=CC=CCC2/C1=C\c1ccc2c(C3CC3)[nH]nc2c1. The van der Waals surface area contributed by atoms with Crippen molar-refractivity contribution in [2.24, 2.45) is 5.92 Å². The van der Waals surface area contributed by atoms with Crippen LogP contribution in [0.3, 0.4) is 0 Å². The van der Waals surface area contributed by atoms with Crippen LogP contribution in [-0.4, -0.2) is 16.1 Å². The molecule has 2 aromatic rings. The van der Waals surface area contributed by atoms with E-state index in [1.165, 1.54) is 23.9 Å². The van der Waals surface area contributed by atoms with E-state index in [1.807, 2.05) is 18.2 Å². The first kappa shape index (κ1) is 12.9. The Hall–Kier alpha value is -2.62. The summed E-state index contributed by atoms with van der Waals surface area (Å²) in [5.41, 5.74) is 5.14. The van der Waals surface area contributed by atoms with Gasteiger partial charge in [-0.15, -0.1) is 0 Å². The Labute approximate surface area is 134 Å². The molecule has 0 bridgehead atoms. The number of nitrogens with zero attached hydrogens (tertiary/aromatic N) is 1. The maximum atomic E-state index is 12.2. The van der Waals surface area contributed by atoms with Crippen LogP contribution in [0.15, 0.2) is 47.7 Å². The number of hydrogen-bond donors (Lipinski definition) is 2. The normalized spacial score (nSPS) is 24.9. The molecule has 1 atom stereocenters. The summed E-state index contributed by atoms with van der Waals surface area (Å²) in [7, 11) is 0. The third-order valence-corrected chi connectivity index (χ3v) is 4.97. The van der Waals surface area contributed by atoms with Gasteiger partial charge in [-0.3, -0.25) is 9.89 Å². The zero-order valence-corrected chi connectivity index (χ0v) is 12.7. The number of allylic oxidation sites excluding steroid dienone is 4. The summed E-state index contributed by atoms with van der Waals surface area (Å²) in [6.07, 6.45) is 11.5. The fourth-order valence-electron chi connectivity index (χ4n) is 3.58. The Bertz CT molecular complexity index is 912. The van der Waals surface area contributed by atoms with Gasteiger partial charge in [0.15, 0.2) is 0 Å². The molecule has 1 aromatic heterocycles. The van der Waals surface area contributed by atoms with Gasteiger partial charge in [0.25, 0.3) is 5.91 Å². The van der Waals surface area contributed by atoms with E-state index >= 15 is 0 Å². The van der Waals surface area contributed by atoms with Crippen molar-refractivity contribution in [3.05, 3.63) is 59.0 Å². The van der Waals surface area contributed by atoms with Crippen molar-refractivity contribution < 1.29 is 4.79 Å². The van der Waals surface area contributed by atoms with Gasteiger partial charge in [-0.05, 0) is 43.0 Å². The van der Waals surface area contributed by atoms with Crippen LogP contribution in [0.5, 0.6) is 0 Å². The number of fused-ring (bicyclic) bond motifs is 2. The summed E-state index contributed by atoms with van der Waals surface area (Å²) < 4.78 is 0. The molecule has 4 heteroatoms. The first-order valence-corrected chi connectivity index (χ1v) is 8.17. The average Bonchev–Trinajstić information content (AvgIpc) is 3.25. The Balaban J connectivity index is 1.54. The molecule has 2 aliphatic carbocycles. The fourth-order valence-corrected chi connectivity index (χ4v) is 3.58. The van der Waals surface area contributed by atoms with Crippen LogP contribution in [0.1, 0.15) is 36.4 Å². The molecule has 5 rings (SSSR count). The standard InChI is InChI=1S/C19H17N3O/c23-19-15(13-3-1-2-4-16(13)20-19)9-11-5-8-14-17(10-11)21-22-18(14)12-6-7-12/h1-2,4-5,8-10,12-13H,3,6-7H2,(H,20,23)(H,21,22)/b15-9+. The maximum absolute atomic E-state index is 12.2. The predicted molar refractivity (Wildman–Crippen MR) is 89.5 cm³/mol. The second kappa shape index (κ2) is 4.69. The first-order chi connectivity index (χ1) is 11.3. The third kappa shape index (κ3) is 2.05. The third-order valence-electron chi connectivity index (χ3n) is 4.97. The number of benzene rings is 1. The van der Waals surface area contributed by atoms with Crippen LogP contribution in [-0.2, 0) is 4.79 Å². The molecule has 0 radical (unpaired) electrons. The van der Waals surface area contributed by atoms with Crippen LogP contribution >= 0.6 is 0 Å². The second-order valence-electron chi connectivity index (χ2n) is 6.58. The van der Waals surface area contributed by atoms with Gasteiger partial charge in [-0.2, -0.15) is 5.10 Å². The molecule has 1 unspecified atom stereocenters. The summed E-state index contributed by atoms with van der Waals surface area (Å²) >= 11 is 0. The van der Waals surface area contributed by atoms with Crippen LogP contribution in [0.4, 0.5) is 0 Å². The highest BCUT2D eigenvalue weighted by atomic mass is 16.2. The molecule has 1 saturated carbocycles. The molecular formula is C19H17N3O. The van der Waals surface area contributed by atoms with Crippen LogP contribution in [0, 0.1) is 5.92 Å². The van der Waals surface area contributed by atoms with Crippen molar-refractivity contribution in [1.29, 1.82) is 0 Å². The fraction of sp³-hybridized carbons (Fsp3) is 0.263. The molecular weight excluding hydrogens is 286 g/mol. The molecule has 1 amide bonds. The van der Waals surface area contributed by atoms with Crippen molar-refractivity contribution in [3.63, 3.8) is 0 Å². The summed E-state index contributed by atoms with van der Waals surface area (Å²) in [4.78, 5) is 12.2. The summed E-state index contributed by atoms with van der Waals surface area (Å²) in [5, 5.41) is 11.8. The Morgan fingerprint density at radius 2 is 2.17 bits per heavy atom. The van der Waals surface area contributed by atoms with Crippen molar-refractivity contribution in [2.75, 3.05) is 0 Å². The van der Waals surface area contributed by atoms with Gasteiger partial charge in [0.05, 0.1) is 5.52 Å². The van der Waals surface area contributed by atoms with Crippen LogP contribution in [0.25, 0.3) is 17.0 Å². The molecule has 2 heterocycles. The van der Waals surface area contributed by atoms with Crippen molar-refractivity contribution in [2.45, 2.75) is 25.2 Å². The minimum Gasteiger partial charge on any atom is -0.325 e. The average molecular weight is 303 g/mol. The predicted octanol–water partition coefficient (Wildman–Crippen LogP) is 3.41. The zero-order valence-electron chi connectivity index (χ0n) is 12.7. The highest BCUT2D eigenvalue weighted by molar-refractivity contribution is 6.03. The van der Waals surface area contributed by atoms with Crippen molar-refractivity contribution >= 4 is 22.9 Å². The lowest BCUT2D eigenvalue weighted by molar-refractivity contribution is -0.115. The summed E-state index contributed by atoms with van der Waals surface area (Å²) in [6, 6.07) is 6.28. The van der Waals surface area contributed by atoms with Gasteiger partial charge < -0.3 is 5.32 Å². The van der Waals surface area contributed by atoms with E-state index in [-0.39, 0.29) is 11.8 Å². The molecule has 114 valence electrons. The Morgan fingerprint density at radius 3 is 3.04 bits per heavy atom. The minimum absolute atomic E-state index is 0.0192. The van der Waals surface area contributed by atoms with Gasteiger partial charge in [0, 0.05) is 34.2 Å². The van der Waals surface area contributed by atoms with Gasteiger partial charge in [-0.25, -0.2) is 0 Å². The van der Waals surface area contributed by atoms with E-state index in [0.717, 1.165) is 28.8 Å². The van der Waals surface area contributed by atoms with Gasteiger partial charge in [0.1, 0.15) is 0 Å². The van der Waals surface area contributed by atoms with Gasteiger partial charge in [-0.1, -0.05) is 24.3 Å². The summed E-state index contributed by atoms with van der Waals surface area (Å²) in [5.74, 6) is 0.849. The molecule has 1 aliphatic heterocycles. The molecule has 1 aromatic carbocycles. The molecule has 4 nitrogen and oxygen atoms in total. The number of nitrogens with one attached hydrogen (secondary N) is 2. The lowest BCUT2D eigenvalue weighted by Gasteiger charge is -2.11. The molecule has 1 saturated heterocycles. The molecule has 0 spiro atoms. The maximum Gasteiger partial charge on any atom is 0.252 e.